The van der Waals surface area contributed by atoms with Gasteiger partial charge in [0.1, 0.15) is 11.6 Å². The lowest BCUT2D eigenvalue weighted by molar-refractivity contribution is -0.118. The third-order valence-electron chi connectivity index (χ3n) is 4.18. The van der Waals surface area contributed by atoms with Gasteiger partial charge in [0.15, 0.2) is 18.1 Å². The Morgan fingerprint density at radius 1 is 1.07 bits per heavy atom. The molecular weight excluding hydrogens is 358 g/mol. The summed E-state index contributed by atoms with van der Waals surface area (Å²) in [6.07, 6.45) is 1.63. The summed E-state index contributed by atoms with van der Waals surface area (Å²) in [4.78, 5) is 12.3. The summed E-state index contributed by atoms with van der Waals surface area (Å²) in [5, 5.41) is 7.11. The molecular formula is C21H23N3O4. The van der Waals surface area contributed by atoms with E-state index in [0.29, 0.717) is 29.6 Å². The number of nitrogens with one attached hydrogen (secondary N) is 1. The Morgan fingerprint density at radius 2 is 1.86 bits per heavy atom. The highest BCUT2D eigenvalue weighted by Gasteiger charge is 2.13. The van der Waals surface area contributed by atoms with Crippen molar-refractivity contribution >= 4 is 11.7 Å². The summed E-state index contributed by atoms with van der Waals surface area (Å²) < 4.78 is 18.0. The normalized spacial score (nSPS) is 10.4. The fourth-order valence-corrected chi connectivity index (χ4v) is 2.77. The molecule has 28 heavy (non-hydrogen) atoms. The molecule has 0 radical (unpaired) electrons. The molecule has 1 aromatic heterocycles. The SMILES string of the molecule is COc1cccc(Cn2nccc2NC(=O)COc2ccc(C)cc2)c1OC. The second-order valence-corrected chi connectivity index (χ2v) is 6.18. The summed E-state index contributed by atoms with van der Waals surface area (Å²) in [5.41, 5.74) is 2.02. The summed E-state index contributed by atoms with van der Waals surface area (Å²) in [5.74, 6) is 2.24. The van der Waals surface area contributed by atoms with Gasteiger partial charge < -0.3 is 19.5 Å². The summed E-state index contributed by atoms with van der Waals surface area (Å²) >= 11 is 0. The third-order valence-corrected chi connectivity index (χ3v) is 4.18. The molecule has 2 aromatic carbocycles. The Labute approximate surface area is 163 Å². The van der Waals surface area contributed by atoms with E-state index >= 15 is 0 Å². The number of benzene rings is 2. The van der Waals surface area contributed by atoms with Gasteiger partial charge in [0.05, 0.1) is 27.0 Å². The van der Waals surface area contributed by atoms with Gasteiger partial charge in [-0.05, 0) is 25.1 Å². The molecule has 1 heterocycles. The monoisotopic (exact) mass is 381 g/mol. The summed E-state index contributed by atoms with van der Waals surface area (Å²) in [7, 11) is 3.19. The Balaban J connectivity index is 1.65. The molecule has 0 saturated carbocycles. The van der Waals surface area contributed by atoms with Crippen molar-refractivity contribution in [1.29, 1.82) is 0 Å². The van der Waals surface area contributed by atoms with Crippen LogP contribution in [0, 0.1) is 6.92 Å². The van der Waals surface area contributed by atoms with E-state index in [1.807, 2.05) is 49.4 Å². The molecule has 3 rings (SSSR count). The van der Waals surface area contributed by atoms with E-state index in [4.69, 9.17) is 14.2 Å². The Morgan fingerprint density at radius 3 is 2.57 bits per heavy atom. The van der Waals surface area contributed by atoms with Crippen LogP contribution in [0.1, 0.15) is 11.1 Å². The van der Waals surface area contributed by atoms with Gasteiger partial charge in [-0.1, -0.05) is 29.8 Å². The second-order valence-electron chi connectivity index (χ2n) is 6.18. The van der Waals surface area contributed by atoms with Crippen LogP contribution in [0.5, 0.6) is 17.2 Å². The van der Waals surface area contributed by atoms with Crippen molar-refractivity contribution in [3.8, 4) is 17.2 Å². The molecule has 0 bridgehead atoms. The number of carbonyl (C=O) groups is 1. The standard InChI is InChI=1S/C21H23N3O4/c1-15-7-9-17(10-8-15)28-14-20(25)23-19-11-12-22-24(19)13-16-5-4-6-18(26-2)21(16)27-3/h4-12H,13-14H2,1-3H3,(H,23,25). The zero-order valence-corrected chi connectivity index (χ0v) is 16.1. The number of hydrogen-bond acceptors (Lipinski definition) is 5. The number of nitrogens with zero attached hydrogens (tertiary/aromatic N) is 2. The van der Waals surface area contributed by atoms with Crippen molar-refractivity contribution in [2.45, 2.75) is 13.5 Å². The number of aryl methyl sites for hydroxylation is 1. The smallest absolute Gasteiger partial charge is 0.263 e. The molecule has 0 fully saturated rings. The van der Waals surface area contributed by atoms with Crippen LogP contribution in [-0.2, 0) is 11.3 Å². The maximum absolute atomic E-state index is 12.3. The van der Waals surface area contributed by atoms with Crippen LogP contribution in [0.2, 0.25) is 0 Å². The van der Waals surface area contributed by atoms with Crippen molar-refractivity contribution in [3.05, 3.63) is 65.9 Å². The van der Waals surface area contributed by atoms with Gasteiger partial charge in [-0.25, -0.2) is 4.68 Å². The zero-order valence-electron chi connectivity index (χ0n) is 16.1. The highest BCUT2D eigenvalue weighted by molar-refractivity contribution is 5.91. The zero-order chi connectivity index (χ0) is 19.9. The molecule has 0 spiro atoms. The van der Waals surface area contributed by atoms with E-state index in [1.165, 1.54) is 0 Å². The van der Waals surface area contributed by atoms with Crippen molar-refractivity contribution in [2.24, 2.45) is 0 Å². The first-order valence-corrected chi connectivity index (χ1v) is 8.81. The number of methoxy groups -OCH3 is 2. The molecule has 7 nitrogen and oxygen atoms in total. The van der Waals surface area contributed by atoms with E-state index < -0.39 is 0 Å². The Hall–Kier alpha value is -3.48. The van der Waals surface area contributed by atoms with E-state index in [1.54, 1.807) is 31.2 Å². The lowest BCUT2D eigenvalue weighted by Gasteiger charge is -2.14. The minimum absolute atomic E-state index is 0.0866. The predicted octanol–water partition coefficient (Wildman–Crippen LogP) is 3.27. The van der Waals surface area contributed by atoms with Crippen LogP contribution in [0.15, 0.2) is 54.7 Å². The number of aromatic nitrogens is 2. The second kappa shape index (κ2) is 8.94. The number of anilines is 1. The number of para-hydroxylation sites is 1. The molecule has 0 aliphatic carbocycles. The van der Waals surface area contributed by atoms with E-state index in [0.717, 1.165) is 11.1 Å². The number of ether oxygens (including phenoxy) is 3. The van der Waals surface area contributed by atoms with Crippen LogP contribution in [-0.4, -0.2) is 36.5 Å². The number of hydrogen-bond donors (Lipinski definition) is 1. The first kappa shape index (κ1) is 19.3. The van der Waals surface area contributed by atoms with Crippen LogP contribution in [0.4, 0.5) is 5.82 Å². The van der Waals surface area contributed by atoms with Crippen molar-refractivity contribution in [1.82, 2.24) is 9.78 Å². The van der Waals surface area contributed by atoms with Crippen LogP contribution in [0.25, 0.3) is 0 Å². The van der Waals surface area contributed by atoms with Gasteiger partial charge in [0.25, 0.3) is 5.91 Å². The average molecular weight is 381 g/mol. The maximum atomic E-state index is 12.3. The van der Waals surface area contributed by atoms with E-state index in [-0.39, 0.29) is 12.5 Å². The Kier molecular flexibility index (Phi) is 6.16. The number of amides is 1. The van der Waals surface area contributed by atoms with Crippen molar-refractivity contribution < 1.29 is 19.0 Å². The topological polar surface area (TPSA) is 74.6 Å². The molecule has 1 N–H and O–H groups in total. The van der Waals surface area contributed by atoms with Crippen LogP contribution < -0.4 is 19.5 Å². The first-order chi connectivity index (χ1) is 13.6. The fraction of sp³-hybridized carbons (Fsp3) is 0.238. The molecule has 0 aliphatic rings. The van der Waals surface area contributed by atoms with Gasteiger partial charge in [0, 0.05) is 11.6 Å². The van der Waals surface area contributed by atoms with Gasteiger partial charge in [-0.15, -0.1) is 0 Å². The van der Waals surface area contributed by atoms with Gasteiger partial charge >= 0.3 is 0 Å². The summed E-state index contributed by atoms with van der Waals surface area (Å²) in [6.45, 7) is 2.33. The van der Waals surface area contributed by atoms with Gasteiger partial charge in [-0.2, -0.15) is 5.10 Å². The minimum Gasteiger partial charge on any atom is -0.493 e. The maximum Gasteiger partial charge on any atom is 0.263 e. The lowest BCUT2D eigenvalue weighted by atomic mass is 10.2. The Bertz CT molecular complexity index is 935. The predicted molar refractivity (Wildman–Crippen MR) is 106 cm³/mol. The number of rotatable bonds is 8. The first-order valence-electron chi connectivity index (χ1n) is 8.81. The molecule has 0 saturated heterocycles. The molecule has 7 heteroatoms. The van der Waals surface area contributed by atoms with Gasteiger partial charge in [-0.3, -0.25) is 4.79 Å². The van der Waals surface area contributed by atoms with E-state index in [2.05, 4.69) is 10.4 Å². The van der Waals surface area contributed by atoms with Crippen molar-refractivity contribution in [3.63, 3.8) is 0 Å². The summed E-state index contributed by atoms with van der Waals surface area (Å²) in [6, 6.07) is 14.9. The van der Waals surface area contributed by atoms with Gasteiger partial charge in [0.2, 0.25) is 0 Å². The molecule has 0 aliphatic heterocycles. The largest absolute Gasteiger partial charge is 0.493 e. The molecule has 1 amide bonds. The van der Waals surface area contributed by atoms with E-state index in [9.17, 15) is 4.79 Å². The average Bonchev–Trinajstić information content (AvgIpc) is 3.13. The lowest BCUT2D eigenvalue weighted by Crippen LogP contribution is -2.22. The highest BCUT2D eigenvalue weighted by Crippen LogP contribution is 2.31. The molecule has 0 unspecified atom stereocenters. The minimum atomic E-state index is -0.264. The number of carbonyl (C=O) groups excluding carboxylic acids is 1. The molecule has 146 valence electrons. The third kappa shape index (κ3) is 4.62. The van der Waals surface area contributed by atoms with Crippen molar-refractivity contribution in [2.75, 3.05) is 26.1 Å². The van der Waals surface area contributed by atoms with Crippen LogP contribution in [0.3, 0.4) is 0 Å². The molecule has 3 aromatic rings. The highest BCUT2D eigenvalue weighted by atomic mass is 16.5. The molecule has 0 atom stereocenters. The fourth-order valence-electron chi connectivity index (χ4n) is 2.77. The van der Waals surface area contributed by atoms with Crippen LogP contribution >= 0.6 is 0 Å². The quantitative estimate of drug-likeness (QED) is 0.648.